The highest BCUT2D eigenvalue weighted by Crippen LogP contribution is 2.27. The average Bonchev–Trinajstić information content (AvgIpc) is 3.75. The molecular weight excluding hydrogens is 990 g/mol. The van der Waals surface area contributed by atoms with Crippen molar-refractivity contribution in [2.75, 3.05) is 13.1 Å². The van der Waals surface area contributed by atoms with Gasteiger partial charge in [0.2, 0.25) is 35.4 Å². The van der Waals surface area contributed by atoms with Crippen molar-refractivity contribution in [3.05, 3.63) is 70.9 Å². The molecule has 3 aromatic rings. The third-order valence-electron chi connectivity index (χ3n) is 12.8. The van der Waals surface area contributed by atoms with Gasteiger partial charge in [-0.3, -0.25) is 53.1 Å². The molecule has 4 rings (SSSR count). The van der Waals surface area contributed by atoms with Crippen molar-refractivity contribution in [3.63, 3.8) is 0 Å². The third-order valence-corrected chi connectivity index (χ3v) is 13.0. The summed E-state index contributed by atoms with van der Waals surface area (Å²) in [5.74, 6) is -8.80. The van der Waals surface area contributed by atoms with Crippen LogP contribution in [0.3, 0.4) is 0 Å². The van der Waals surface area contributed by atoms with Crippen molar-refractivity contribution < 1.29 is 48.3 Å². The molecule has 17 N–H and O–H groups in total. The van der Waals surface area contributed by atoms with E-state index in [1.807, 2.05) is 24.3 Å². The molecule has 0 spiro atoms. The number of hydrogen-bond donors (Lipinski definition) is 12. The number of fused-ring (bicyclic) bond motifs is 1. The fourth-order valence-electron chi connectivity index (χ4n) is 8.84. The Morgan fingerprint density at radius 2 is 1.48 bits per heavy atom. The maximum Gasteiger partial charge on any atom is 0.245 e. The Bertz CT molecular complexity index is 2560. The quantitative estimate of drug-likeness (QED) is 0.0485. The van der Waals surface area contributed by atoms with Crippen molar-refractivity contribution in [3.8, 4) is 0 Å². The number of benzene rings is 2. The van der Waals surface area contributed by atoms with Gasteiger partial charge < -0.3 is 65.3 Å². The van der Waals surface area contributed by atoms with Crippen LogP contribution in [0.2, 0.25) is 5.02 Å². The number of halogens is 1. The van der Waals surface area contributed by atoms with Crippen LogP contribution in [0.1, 0.15) is 102 Å². The molecule has 0 saturated carbocycles. The van der Waals surface area contributed by atoms with Gasteiger partial charge >= 0.3 is 0 Å². The number of Topliss-reactive ketones (excluding diaryl/α,β-unsaturated/α-hetero) is 3. The van der Waals surface area contributed by atoms with Crippen LogP contribution in [0.5, 0.6) is 0 Å². The molecule has 1 fully saturated rings. The molecule has 6 amide bonds. The summed E-state index contributed by atoms with van der Waals surface area (Å²) in [4.78, 5) is 136. The maximum absolute atomic E-state index is 14.7. The lowest BCUT2D eigenvalue weighted by Gasteiger charge is -2.28. The number of nitrogens with two attached hydrogens (primary N) is 5. The number of aliphatic hydroxyl groups excluding tert-OH is 1. The number of H-pyrrole nitrogens is 1. The van der Waals surface area contributed by atoms with Crippen molar-refractivity contribution in [2.45, 2.75) is 140 Å². The summed E-state index contributed by atoms with van der Waals surface area (Å²) in [6.07, 6.45) is -0.311. The first kappa shape index (κ1) is 60.2. The largest absolute Gasteiger partial charge is 0.391 e. The lowest BCUT2D eigenvalue weighted by atomic mass is 9.83. The summed E-state index contributed by atoms with van der Waals surface area (Å²) >= 11 is 6.34. The first-order valence-corrected chi connectivity index (χ1v) is 25.4. The van der Waals surface area contributed by atoms with Gasteiger partial charge in [0, 0.05) is 79.7 Å². The zero-order valence-corrected chi connectivity index (χ0v) is 43.2. The van der Waals surface area contributed by atoms with Crippen LogP contribution in [0, 0.1) is 11.8 Å². The molecule has 2 heterocycles. The SMILES string of the molecule is CC(=O)N[C@@H](CCCN=C(N)N)C(=O)N[C@H]1CCC(=O)CCCC[C@@H](C(N)=O)NC(=O)[C@H](Cc2c[nH]c3ccccc23)CC(=O)[C@H](CCCN=C(N)N)CC(=O)[C@@H](Cc2cccc(Cl)c2)NC(=O)C([C@@H](C)O)NC1=O. The highest BCUT2D eigenvalue weighted by Gasteiger charge is 2.36. The third kappa shape index (κ3) is 20.4. The van der Waals surface area contributed by atoms with Crippen molar-refractivity contribution in [1.82, 2.24) is 31.6 Å². The fraction of sp³-hybridized carbons (Fsp3) is 0.510. The Morgan fingerprint density at radius 3 is 2.15 bits per heavy atom. The number of aliphatic hydroxyl groups is 1. The zero-order valence-electron chi connectivity index (χ0n) is 42.4. The minimum Gasteiger partial charge on any atom is -0.391 e. The number of amides is 6. The number of para-hydroxylation sites is 1. The second-order valence-corrected chi connectivity index (χ2v) is 19.4. The normalized spacial score (nSPS) is 21.9. The van der Waals surface area contributed by atoms with Crippen LogP contribution >= 0.6 is 11.6 Å². The van der Waals surface area contributed by atoms with E-state index in [1.165, 1.54) is 13.8 Å². The van der Waals surface area contributed by atoms with E-state index in [0.29, 0.717) is 16.1 Å². The van der Waals surface area contributed by atoms with E-state index in [1.54, 1.807) is 30.5 Å². The predicted octanol–water partition coefficient (Wildman–Crippen LogP) is 0.0978. The lowest BCUT2D eigenvalue weighted by Crippen LogP contribution is -2.60. The van der Waals surface area contributed by atoms with E-state index in [-0.39, 0.29) is 114 Å². The van der Waals surface area contributed by atoms with Crippen LogP contribution in [-0.2, 0) is 56.0 Å². The number of nitrogens with one attached hydrogen (secondary N) is 6. The lowest BCUT2D eigenvalue weighted by molar-refractivity contribution is -0.137. The molecule has 1 unspecified atom stereocenters. The molecule has 8 atom stereocenters. The first-order valence-electron chi connectivity index (χ1n) is 25.0. The van der Waals surface area contributed by atoms with Crippen LogP contribution in [-0.4, -0.2) is 124 Å². The molecule has 2 aromatic carbocycles. The fourth-order valence-corrected chi connectivity index (χ4v) is 9.05. The average molecular weight is 1060 g/mol. The molecular formula is C51H72ClN13O10. The van der Waals surface area contributed by atoms with E-state index < -0.39 is 102 Å². The minimum absolute atomic E-state index is 0.0363. The smallest absolute Gasteiger partial charge is 0.245 e. The summed E-state index contributed by atoms with van der Waals surface area (Å²) in [7, 11) is 0. The Kier molecular flexibility index (Phi) is 24.1. The van der Waals surface area contributed by atoms with E-state index in [0.717, 1.165) is 10.9 Å². The van der Waals surface area contributed by atoms with Gasteiger partial charge in [0.05, 0.1) is 12.1 Å². The van der Waals surface area contributed by atoms with Gasteiger partial charge in [-0.15, -0.1) is 0 Å². The number of primary amides is 1. The molecule has 0 bridgehead atoms. The number of guanidine groups is 2. The highest BCUT2D eigenvalue weighted by atomic mass is 35.5. The second kappa shape index (κ2) is 30.1. The molecule has 24 heteroatoms. The monoisotopic (exact) mass is 1060 g/mol. The van der Waals surface area contributed by atoms with Gasteiger partial charge in [-0.25, -0.2) is 0 Å². The number of rotatable bonds is 17. The Balaban J connectivity index is 1.77. The Morgan fingerprint density at radius 1 is 0.787 bits per heavy atom. The van der Waals surface area contributed by atoms with Crippen LogP contribution in [0.15, 0.2) is 64.7 Å². The van der Waals surface area contributed by atoms with Crippen molar-refractivity contribution in [1.29, 1.82) is 0 Å². The molecule has 23 nitrogen and oxygen atoms in total. The summed E-state index contributed by atoms with van der Waals surface area (Å²) in [6, 6.07) is 6.86. The van der Waals surface area contributed by atoms with E-state index in [2.05, 4.69) is 41.6 Å². The molecule has 1 aromatic heterocycles. The maximum atomic E-state index is 14.7. The van der Waals surface area contributed by atoms with Crippen LogP contribution < -0.4 is 55.3 Å². The molecule has 1 aliphatic heterocycles. The predicted molar refractivity (Wildman–Crippen MR) is 282 cm³/mol. The number of aliphatic imine (C=N–C) groups is 2. The highest BCUT2D eigenvalue weighted by molar-refractivity contribution is 6.30. The Hall–Kier alpha value is -7.40. The summed E-state index contributed by atoms with van der Waals surface area (Å²) in [5.41, 5.74) is 29.8. The van der Waals surface area contributed by atoms with Crippen molar-refractivity contribution in [2.24, 2.45) is 50.5 Å². The van der Waals surface area contributed by atoms with E-state index in [9.17, 15) is 48.3 Å². The molecule has 0 radical (unpaired) electrons. The summed E-state index contributed by atoms with van der Waals surface area (Å²) < 4.78 is 0. The molecule has 1 saturated heterocycles. The summed E-state index contributed by atoms with van der Waals surface area (Å²) in [6.45, 7) is 2.63. The molecule has 408 valence electrons. The van der Waals surface area contributed by atoms with Gasteiger partial charge in [-0.1, -0.05) is 48.4 Å². The van der Waals surface area contributed by atoms with Crippen LogP contribution in [0.4, 0.5) is 0 Å². The van der Waals surface area contributed by atoms with Gasteiger partial charge in [0.1, 0.15) is 35.7 Å². The molecule has 1 aliphatic rings. The first-order chi connectivity index (χ1) is 35.6. The second-order valence-electron chi connectivity index (χ2n) is 18.9. The molecule has 0 aliphatic carbocycles. The summed E-state index contributed by atoms with van der Waals surface area (Å²) in [5, 5.41) is 25.2. The molecule has 75 heavy (non-hydrogen) atoms. The van der Waals surface area contributed by atoms with Gasteiger partial charge in [-0.2, -0.15) is 0 Å². The number of nitrogens with zero attached hydrogens (tertiary/aromatic N) is 2. The topological polar surface area (TPSA) is 405 Å². The number of carbonyl (C=O) groups excluding carboxylic acids is 9. The standard InChI is InChI=1S/C51H72ClN13O10/c1-28(66)44-49(75)64-41(23-30-10-7-12-34(52)22-30)43(70)25-31(11-8-20-58-50(54)55)42(69)26-32(24-33-27-60-37-15-6-4-14-36(33)37)46(72)62-38(45(53)71)16-5-3-13-35(68)18-19-40(48(74)65-44)63-47(73)39(61-29(2)67)17-9-21-59-51(56)57/h4,6-7,10,12,14-15,22,27-28,31-32,38-41,44,60,66H,3,5,8-9,11,13,16-21,23-26H2,1-2H3,(H2,53,71)(H,61,67)(H,62,72)(H,63,73)(H,64,75)(H,65,74)(H4,54,55,58)(H4,56,57,59)/t28-,31-,32-,38+,39+,40+,41-,44?/m1/s1. The van der Waals surface area contributed by atoms with Gasteiger partial charge in [-0.05, 0) is 94.0 Å². The number of carbonyl (C=O) groups is 9. The number of hydrogen-bond acceptors (Lipinski definition) is 12. The zero-order chi connectivity index (χ0) is 55.2. The number of aromatic nitrogens is 1. The van der Waals surface area contributed by atoms with Gasteiger partial charge in [0.15, 0.2) is 17.7 Å². The van der Waals surface area contributed by atoms with Crippen molar-refractivity contribution >= 4 is 87.2 Å². The van der Waals surface area contributed by atoms with Gasteiger partial charge in [0.25, 0.3) is 0 Å². The van der Waals surface area contributed by atoms with E-state index in [4.69, 9.17) is 40.3 Å². The van der Waals surface area contributed by atoms with Crippen LogP contribution in [0.25, 0.3) is 10.9 Å². The minimum atomic E-state index is -1.74. The van der Waals surface area contributed by atoms with E-state index >= 15 is 0 Å². The number of ketones is 3. The number of aromatic amines is 1. The Labute approximate surface area is 440 Å².